The van der Waals surface area contributed by atoms with E-state index in [1.165, 1.54) is 29.8 Å². The molecule has 2 amide bonds. The summed E-state index contributed by atoms with van der Waals surface area (Å²) in [7, 11) is -3.63. The van der Waals surface area contributed by atoms with E-state index in [1.807, 2.05) is 0 Å². The summed E-state index contributed by atoms with van der Waals surface area (Å²) in [5.74, 6) is -0.324. The van der Waals surface area contributed by atoms with Gasteiger partial charge in [0.05, 0.1) is 23.2 Å². The Labute approximate surface area is 172 Å². The van der Waals surface area contributed by atoms with Crippen LogP contribution < -0.4 is 15.4 Å². The molecule has 3 N–H and O–H groups in total. The van der Waals surface area contributed by atoms with Gasteiger partial charge in [0.2, 0.25) is 15.9 Å². The van der Waals surface area contributed by atoms with Crippen LogP contribution in [-0.4, -0.2) is 46.7 Å². The number of hydrogen-bond donors (Lipinski definition) is 3. The Morgan fingerprint density at radius 1 is 1.03 bits per heavy atom. The van der Waals surface area contributed by atoms with Crippen molar-refractivity contribution in [2.75, 3.05) is 21.6 Å². The molecule has 0 atom stereocenters. The molecule has 0 radical (unpaired) electrons. The Hall–Kier alpha value is -3.80. The number of nitrogens with zero attached hydrogens (tertiary/aromatic N) is 4. The second kappa shape index (κ2) is 8.29. The molecular weight excluding hydrogens is 410 g/mol. The molecule has 3 aromatic rings. The van der Waals surface area contributed by atoms with Crippen molar-refractivity contribution in [1.29, 1.82) is 0 Å². The number of anilines is 3. The third-order valence-electron chi connectivity index (χ3n) is 3.85. The third kappa shape index (κ3) is 5.17. The summed E-state index contributed by atoms with van der Waals surface area (Å²) in [6, 6.07) is 11.1. The van der Waals surface area contributed by atoms with Crippen molar-refractivity contribution in [3.8, 4) is 5.69 Å². The summed E-state index contributed by atoms with van der Waals surface area (Å²) in [6.07, 6.45) is 0.981. The minimum Gasteiger partial charge on any atom is -0.326 e. The van der Waals surface area contributed by atoms with Gasteiger partial charge < -0.3 is 10.6 Å². The maximum atomic E-state index is 12.9. The summed E-state index contributed by atoms with van der Waals surface area (Å²) in [5, 5.41) is 16.6. The number of carbonyl (C=O) groups is 2. The molecule has 0 aliphatic carbocycles. The van der Waals surface area contributed by atoms with Gasteiger partial charge in [0, 0.05) is 18.3 Å². The molecule has 12 heteroatoms. The highest BCUT2D eigenvalue weighted by molar-refractivity contribution is 7.92. The first kappa shape index (κ1) is 20.9. The first-order valence-corrected chi connectivity index (χ1v) is 10.6. The number of nitrogens with one attached hydrogen (secondary N) is 3. The molecule has 0 spiro atoms. The Kier molecular flexibility index (Phi) is 5.78. The topological polar surface area (TPSA) is 148 Å². The van der Waals surface area contributed by atoms with Crippen LogP contribution in [-0.2, 0) is 14.8 Å². The average molecular weight is 429 g/mol. The summed E-state index contributed by atoms with van der Waals surface area (Å²) in [4.78, 5) is 24.3. The Bertz CT molecular complexity index is 1220. The Balaban J connectivity index is 1.93. The highest BCUT2D eigenvalue weighted by atomic mass is 32.2. The van der Waals surface area contributed by atoms with Crippen molar-refractivity contribution in [3.63, 3.8) is 0 Å². The molecule has 0 saturated heterocycles. The fourth-order valence-corrected chi connectivity index (χ4v) is 3.26. The zero-order chi connectivity index (χ0) is 21.9. The second-order valence-electron chi connectivity index (χ2n) is 6.46. The van der Waals surface area contributed by atoms with Gasteiger partial charge in [0.15, 0.2) is 5.82 Å². The summed E-state index contributed by atoms with van der Waals surface area (Å²) >= 11 is 0. The zero-order valence-electron chi connectivity index (χ0n) is 16.4. The predicted molar refractivity (Wildman–Crippen MR) is 111 cm³/mol. The molecule has 0 saturated carbocycles. The first-order chi connectivity index (χ1) is 14.1. The SMILES string of the molecule is CC(=O)Nc1ccc(NS(C)(=O)=O)c(C(=O)Nc2cccc(-n3nnnc3C)c2)c1. The molecule has 0 bridgehead atoms. The zero-order valence-corrected chi connectivity index (χ0v) is 17.2. The van der Waals surface area contributed by atoms with Crippen molar-refractivity contribution in [2.24, 2.45) is 0 Å². The number of hydrogen-bond acceptors (Lipinski definition) is 7. The van der Waals surface area contributed by atoms with Gasteiger partial charge in [-0.15, -0.1) is 5.10 Å². The number of aromatic nitrogens is 4. The molecule has 1 aromatic heterocycles. The van der Waals surface area contributed by atoms with Crippen molar-refractivity contribution >= 4 is 38.9 Å². The lowest BCUT2D eigenvalue weighted by atomic mass is 10.1. The van der Waals surface area contributed by atoms with E-state index < -0.39 is 15.9 Å². The van der Waals surface area contributed by atoms with Gasteiger partial charge in [-0.25, -0.2) is 8.42 Å². The van der Waals surface area contributed by atoms with E-state index in [-0.39, 0.29) is 17.2 Å². The van der Waals surface area contributed by atoms with Crippen LogP contribution in [0.25, 0.3) is 5.69 Å². The highest BCUT2D eigenvalue weighted by Gasteiger charge is 2.16. The second-order valence-corrected chi connectivity index (χ2v) is 8.21. The fraction of sp³-hybridized carbons (Fsp3) is 0.167. The maximum absolute atomic E-state index is 12.9. The molecule has 156 valence electrons. The molecule has 30 heavy (non-hydrogen) atoms. The maximum Gasteiger partial charge on any atom is 0.257 e. The molecule has 0 aliphatic rings. The molecule has 0 aliphatic heterocycles. The number of carbonyl (C=O) groups excluding carboxylic acids is 2. The first-order valence-electron chi connectivity index (χ1n) is 8.68. The van der Waals surface area contributed by atoms with Gasteiger partial charge in [0.25, 0.3) is 5.91 Å². The molecule has 2 aromatic carbocycles. The van der Waals surface area contributed by atoms with Crippen LogP contribution in [0.3, 0.4) is 0 Å². The molecule has 11 nitrogen and oxygen atoms in total. The standard InChI is InChI=1S/C18H19N7O4S/c1-11-21-23-24-25(11)15-6-4-5-13(9-15)20-18(27)16-10-14(19-12(2)26)7-8-17(16)22-30(3,28)29/h4-10,22H,1-3H3,(H,19,26)(H,20,27). The molecule has 0 unspecified atom stereocenters. The van der Waals surface area contributed by atoms with E-state index >= 15 is 0 Å². The minimum atomic E-state index is -3.63. The van der Waals surface area contributed by atoms with E-state index in [1.54, 1.807) is 31.2 Å². The quantitative estimate of drug-likeness (QED) is 0.538. The van der Waals surface area contributed by atoms with E-state index in [0.29, 0.717) is 22.9 Å². The third-order valence-corrected chi connectivity index (χ3v) is 4.44. The van der Waals surface area contributed by atoms with Gasteiger partial charge in [-0.2, -0.15) is 4.68 Å². The van der Waals surface area contributed by atoms with Crippen molar-refractivity contribution in [2.45, 2.75) is 13.8 Å². The number of rotatable bonds is 6. The van der Waals surface area contributed by atoms with Gasteiger partial charge in [-0.1, -0.05) is 6.07 Å². The van der Waals surface area contributed by atoms with Gasteiger partial charge in [0.1, 0.15) is 0 Å². The van der Waals surface area contributed by atoms with Crippen LogP contribution in [0.4, 0.5) is 17.1 Å². The molecular formula is C18H19N7O4S. The van der Waals surface area contributed by atoms with Crippen LogP contribution >= 0.6 is 0 Å². The van der Waals surface area contributed by atoms with Crippen molar-refractivity contribution in [1.82, 2.24) is 20.2 Å². The predicted octanol–water partition coefficient (Wildman–Crippen LogP) is 1.55. The Morgan fingerprint density at radius 2 is 1.77 bits per heavy atom. The molecule has 3 rings (SSSR count). The lowest BCUT2D eigenvalue weighted by Gasteiger charge is -2.14. The Morgan fingerprint density at radius 3 is 2.40 bits per heavy atom. The minimum absolute atomic E-state index is 0.0377. The number of tetrazole rings is 1. The van der Waals surface area contributed by atoms with Crippen molar-refractivity contribution in [3.05, 3.63) is 53.9 Å². The number of aryl methyl sites for hydroxylation is 1. The smallest absolute Gasteiger partial charge is 0.257 e. The van der Waals surface area contributed by atoms with Crippen LogP contribution in [0.5, 0.6) is 0 Å². The van der Waals surface area contributed by atoms with Crippen molar-refractivity contribution < 1.29 is 18.0 Å². The van der Waals surface area contributed by atoms with Gasteiger partial charge >= 0.3 is 0 Å². The van der Waals surface area contributed by atoms with E-state index in [2.05, 4.69) is 30.9 Å². The largest absolute Gasteiger partial charge is 0.326 e. The van der Waals surface area contributed by atoms with Gasteiger partial charge in [-0.3, -0.25) is 14.3 Å². The summed E-state index contributed by atoms with van der Waals surface area (Å²) in [6.45, 7) is 3.07. The van der Waals surface area contributed by atoms with Crippen LogP contribution in [0.15, 0.2) is 42.5 Å². The number of benzene rings is 2. The van der Waals surface area contributed by atoms with E-state index in [0.717, 1.165) is 6.26 Å². The summed E-state index contributed by atoms with van der Waals surface area (Å²) < 4.78 is 27.2. The monoisotopic (exact) mass is 429 g/mol. The van der Waals surface area contributed by atoms with Gasteiger partial charge in [-0.05, 0) is 53.7 Å². The van der Waals surface area contributed by atoms with E-state index in [9.17, 15) is 18.0 Å². The van der Waals surface area contributed by atoms with E-state index in [4.69, 9.17) is 0 Å². The molecule has 0 fully saturated rings. The summed E-state index contributed by atoms with van der Waals surface area (Å²) in [5.41, 5.74) is 1.55. The van der Waals surface area contributed by atoms with Crippen LogP contribution in [0.2, 0.25) is 0 Å². The lowest BCUT2D eigenvalue weighted by Crippen LogP contribution is -2.18. The van der Waals surface area contributed by atoms with Crippen LogP contribution in [0, 0.1) is 6.92 Å². The number of sulfonamides is 1. The highest BCUT2D eigenvalue weighted by Crippen LogP contribution is 2.24. The number of amides is 2. The van der Waals surface area contributed by atoms with Crippen LogP contribution in [0.1, 0.15) is 23.1 Å². The fourth-order valence-electron chi connectivity index (χ4n) is 2.69. The average Bonchev–Trinajstić information content (AvgIpc) is 3.07. The normalized spacial score (nSPS) is 11.0. The molecule has 1 heterocycles. The lowest BCUT2D eigenvalue weighted by molar-refractivity contribution is -0.114.